The number of nitrogens with zero attached hydrogens (tertiary/aromatic N) is 1. The van der Waals surface area contributed by atoms with Crippen molar-refractivity contribution in [3.8, 4) is 0 Å². The fraction of sp³-hybridized carbons (Fsp3) is 0.188. The van der Waals surface area contributed by atoms with Gasteiger partial charge in [-0.15, -0.1) is 0 Å². The second kappa shape index (κ2) is 6.25. The average Bonchev–Trinajstić information content (AvgIpc) is 3.15. The van der Waals surface area contributed by atoms with Crippen LogP contribution in [0, 0.1) is 0 Å². The molecular weight excluding hydrogens is 304 g/mol. The smallest absolute Gasteiger partial charge is 0.240 e. The van der Waals surface area contributed by atoms with Crippen molar-refractivity contribution < 1.29 is 14.3 Å². The van der Waals surface area contributed by atoms with E-state index in [4.69, 9.17) is 16.0 Å². The first-order valence-corrected chi connectivity index (χ1v) is 7.24. The number of rotatable bonds is 5. The second-order valence-electron chi connectivity index (χ2n) is 4.98. The van der Waals surface area contributed by atoms with Crippen LogP contribution in [0.3, 0.4) is 0 Å². The van der Waals surface area contributed by atoms with Crippen LogP contribution in [0.4, 0.5) is 0 Å². The van der Waals surface area contributed by atoms with E-state index in [2.05, 4.69) is 5.32 Å². The molecule has 0 saturated heterocycles. The molecule has 114 valence electrons. The summed E-state index contributed by atoms with van der Waals surface area (Å²) < 4.78 is 6.90. The third-order valence-corrected chi connectivity index (χ3v) is 3.65. The molecule has 1 amide bonds. The Morgan fingerprint density at radius 2 is 2.23 bits per heavy atom. The molecule has 22 heavy (non-hydrogen) atoms. The Hall–Kier alpha value is -2.24. The number of halogens is 1. The molecule has 0 spiro atoms. The molecule has 0 aliphatic rings. The lowest BCUT2D eigenvalue weighted by molar-refractivity contribution is -0.122. The van der Waals surface area contributed by atoms with Crippen LogP contribution in [0.1, 0.15) is 11.9 Å². The number of carbonyl (C=O) groups is 1. The van der Waals surface area contributed by atoms with Gasteiger partial charge in [-0.05, 0) is 35.7 Å². The van der Waals surface area contributed by atoms with Gasteiger partial charge in [0.1, 0.15) is 18.4 Å². The van der Waals surface area contributed by atoms with Crippen LogP contribution in [-0.4, -0.2) is 22.1 Å². The number of aliphatic hydroxyl groups excluding tert-OH is 1. The number of aromatic nitrogens is 1. The standard InChI is InChI=1S/C16H15ClN2O3/c17-12-4-3-11-5-6-19(13(11)8-12)10-16(21)18-9-14(20)15-2-1-7-22-15/h1-8,14,20H,9-10H2,(H,18,21). The fourth-order valence-corrected chi connectivity index (χ4v) is 2.46. The molecule has 0 bridgehead atoms. The topological polar surface area (TPSA) is 67.4 Å². The summed E-state index contributed by atoms with van der Waals surface area (Å²) in [6.45, 7) is 0.265. The Morgan fingerprint density at radius 3 is 3.00 bits per heavy atom. The molecule has 2 N–H and O–H groups in total. The first kappa shape index (κ1) is 14.7. The van der Waals surface area contributed by atoms with Crippen LogP contribution in [-0.2, 0) is 11.3 Å². The molecule has 0 aliphatic carbocycles. The fourth-order valence-electron chi connectivity index (χ4n) is 2.30. The number of hydrogen-bond acceptors (Lipinski definition) is 3. The number of amides is 1. The van der Waals surface area contributed by atoms with Crippen LogP contribution < -0.4 is 5.32 Å². The highest BCUT2D eigenvalue weighted by molar-refractivity contribution is 6.31. The molecule has 0 aliphatic heterocycles. The zero-order valence-electron chi connectivity index (χ0n) is 11.7. The van der Waals surface area contributed by atoms with Crippen LogP contribution in [0.15, 0.2) is 53.3 Å². The van der Waals surface area contributed by atoms with Crippen molar-refractivity contribution in [2.24, 2.45) is 0 Å². The molecule has 2 heterocycles. The normalized spacial score (nSPS) is 12.5. The summed E-state index contributed by atoms with van der Waals surface area (Å²) in [5.41, 5.74) is 0.897. The molecule has 0 radical (unpaired) electrons. The lowest BCUT2D eigenvalue weighted by atomic mass is 10.2. The maximum Gasteiger partial charge on any atom is 0.240 e. The molecule has 3 rings (SSSR count). The predicted octanol–water partition coefficient (Wildman–Crippen LogP) is 2.74. The van der Waals surface area contributed by atoms with Gasteiger partial charge in [-0.25, -0.2) is 0 Å². The van der Waals surface area contributed by atoms with E-state index < -0.39 is 6.10 Å². The number of carbonyl (C=O) groups excluding carboxylic acids is 1. The molecular formula is C16H15ClN2O3. The largest absolute Gasteiger partial charge is 0.467 e. The van der Waals surface area contributed by atoms with Gasteiger partial charge in [-0.3, -0.25) is 4.79 Å². The van der Waals surface area contributed by atoms with E-state index in [0.29, 0.717) is 10.8 Å². The number of aliphatic hydroxyl groups is 1. The summed E-state index contributed by atoms with van der Waals surface area (Å²) in [7, 11) is 0. The van der Waals surface area contributed by atoms with E-state index in [1.165, 1.54) is 6.26 Å². The highest BCUT2D eigenvalue weighted by Crippen LogP contribution is 2.20. The number of benzene rings is 1. The molecule has 0 saturated carbocycles. The monoisotopic (exact) mass is 318 g/mol. The van der Waals surface area contributed by atoms with Crippen molar-refractivity contribution in [1.29, 1.82) is 0 Å². The van der Waals surface area contributed by atoms with Gasteiger partial charge in [0.05, 0.1) is 12.8 Å². The minimum atomic E-state index is -0.852. The molecule has 3 aromatic rings. The summed E-state index contributed by atoms with van der Waals surface area (Å²) in [5, 5.41) is 14.2. The minimum Gasteiger partial charge on any atom is -0.467 e. The summed E-state index contributed by atoms with van der Waals surface area (Å²) >= 11 is 5.99. The van der Waals surface area contributed by atoms with Gasteiger partial charge in [0.25, 0.3) is 0 Å². The summed E-state index contributed by atoms with van der Waals surface area (Å²) in [6.07, 6.45) is 2.47. The van der Waals surface area contributed by atoms with Crippen molar-refractivity contribution in [1.82, 2.24) is 9.88 Å². The van der Waals surface area contributed by atoms with Crippen LogP contribution in [0.25, 0.3) is 10.9 Å². The maximum atomic E-state index is 12.0. The SMILES string of the molecule is O=C(Cn1ccc2ccc(Cl)cc21)NCC(O)c1ccco1. The van der Waals surface area contributed by atoms with Crippen molar-refractivity contribution in [2.75, 3.05) is 6.54 Å². The molecule has 1 unspecified atom stereocenters. The lowest BCUT2D eigenvalue weighted by Gasteiger charge is -2.10. The Morgan fingerprint density at radius 1 is 1.36 bits per heavy atom. The van der Waals surface area contributed by atoms with Crippen LogP contribution >= 0.6 is 11.6 Å². The molecule has 1 atom stereocenters. The zero-order valence-corrected chi connectivity index (χ0v) is 12.5. The van der Waals surface area contributed by atoms with E-state index in [9.17, 15) is 9.90 Å². The van der Waals surface area contributed by atoms with Gasteiger partial charge < -0.3 is 19.4 Å². The molecule has 2 aromatic heterocycles. The quantitative estimate of drug-likeness (QED) is 0.760. The first-order chi connectivity index (χ1) is 10.6. The molecule has 1 aromatic carbocycles. The molecule has 0 fully saturated rings. The average molecular weight is 319 g/mol. The van der Waals surface area contributed by atoms with E-state index in [-0.39, 0.29) is 19.0 Å². The van der Waals surface area contributed by atoms with Gasteiger partial charge >= 0.3 is 0 Å². The van der Waals surface area contributed by atoms with E-state index in [1.807, 2.05) is 35.0 Å². The zero-order chi connectivity index (χ0) is 15.5. The van der Waals surface area contributed by atoms with E-state index >= 15 is 0 Å². The third kappa shape index (κ3) is 3.16. The summed E-state index contributed by atoms with van der Waals surface area (Å²) in [6, 6.07) is 10.8. The number of furan rings is 1. The lowest BCUT2D eigenvalue weighted by Crippen LogP contribution is -2.31. The van der Waals surface area contributed by atoms with Gasteiger partial charge in [-0.1, -0.05) is 17.7 Å². The van der Waals surface area contributed by atoms with Crippen molar-refractivity contribution in [3.05, 3.63) is 59.6 Å². The van der Waals surface area contributed by atoms with Gasteiger partial charge in [0.2, 0.25) is 5.91 Å². The summed E-state index contributed by atoms with van der Waals surface area (Å²) in [4.78, 5) is 12.0. The first-order valence-electron chi connectivity index (χ1n) is 6.86. The Balaban J connectivity index is 1.62. The minimum absolute atomic E-state index is 0.103. The predicted molar refractivity (Wildman–Crippen MR) is 83.6 cm³/mol. The van der Waals surface area contributed by atoms with Gasteiger partial charge in [-0.2, -0.15) is 0 Å². The Labute approximate surface area is 132 Å². The van der Waals surface area contributed by atoms with Crippen molar-refractivity contribution >= 4 is 28.4 Å². The highest BCUT2D eigenvalue weighted by atomic mass is 35.5. The maximum absolute atomic E-state index is 12.0. The van der Waals surface area contributed by atoms with E-state index in [0.717, 1.165) is 10.9 Å². The number of hydrogen-bond donors (Lipinski definition) is 2. The number of fused-ring (bicyclic) bond motifs is 1. The van der Waals surface area contributed by atoms with Crippen molar-refractivity contribution in [2.45, 2.75) is 12.6 Å². The van der Waals surface area contributed by atoms with Crippen LogP contribution in [0.5, 0.6) is 0 Å². The van der Waals surface area contributed by atoms with E-state index in [1.54, 1.807) is 12.1 Å². The third-order valence-electron chi connectivity index (χ3n) is 3.41. The summed E-state index contributed by atoms with van der Waals surface area (Å²) in [5.74, 6) is 0.238. The van der Waals surface area contributed by atoms with Crippen LogP contribution in [0.2, 0.25) is 5.02 Å². The number of nitrogens with one attached hydrogen (secondary N) is 1. The van der Waals surface area contributed by atoms with Gasteiger partial charge in [0.15, 0.2) is 0 Å². The second-order valence-corrected chi connectivity index (χ2v) is 5.42. The molecule has 5 nitrogen and oxygen atoms in total. The van der Waals surface area contributed by atoms with Crippen molar-refractivity contribution in [3.63, 3.8) is 0 Å². The Bertz CT molecular complexity index is 780. The molecule has 6 heteroatoms. The van der Waals surface area contributed by atoms with Gasteiger partial charge in [0, 0.05) is 16.7 Å². The Kier molecular flexibility index (Phi) is 4.18. The highest BCUT2D eigenvalue weighted by Gasteiger charge is 2.12.